The molecule has 1 aromatic heterocycles. The zero-order valence-corrected chi connectivity index (χ0v) is 11.9. The van der Waals surface area contributed by atoms with Gasteiger partial charge in [0.2, 0.25) is 0 Å². The highest BCUT2D eigenvalue weighted by molar-refractivity contribution is 7.99. The minimum atomic E-state index is -1.05. The van der Waals surface area contributed by atoms with E-state index >= 15 is 0 Å². The van der Waals surface area contributed by atoms with Crippen molar-refractivity contribution in [1.29, 1.82) is 0 Å². The molecule has 0 amide bonds. The van der Waals surface area contributed by atoms with Gasteiger partial charge in [-0.1, -0.05) is 0 Å². The van der Waals surface area contributed by atoms with Gasteiger partial charge in [-0.15, -0.1) is 11.8 Å². The van der Waals surface area contributed by atoms with Gasteiger partial charge in [-0.3, -0.25) is 4.79 Å². The van der Waals surface area contributed by atoms with Crippen LogP contribution in [0.2, 0.25) is 0 Å². The highest BCUT2D eigenvalue weighted by atomic mass is 32.2. The SMILES string of the molecule is COC(=O)CC1(CSc2ncc(C(=O)O)cc2N)CC1. The fourth-order valence-corrected chi connectivity index (χ4v) is 3.04. The Labute approximate surface area is 120 Å². The van der Waals surface area contributed by atoms with Crippen LogP contribution in [-0.4, -0.2) is 34.9 Å². The van der Waals surface area contributed by atoms with Crippen molar-refractivity contribution in [3.8, 4) is 0 Å². The van der Waals surface area contributed by atoms with Gasteiger partial charge in [0.1, 0.15) is 5.03 Å². The maximum Gasteiger partial charge on any atom is 0.337 e. The smallest absolute Gasteiger partial charge is 0.337 e. The number of anilines is 1. The summed E-state index contributed by atoms with van der Waals surface area (Å²) >= 11 is 1.45. The molecule has 0 saturated heterocycles. The molecule has 0 atom stereocenters. The van der Waals surface area contributed by atoms with Crippen LogP contribution in [0.4, 0.5) is 5.69 Å². The van der Waals surface area contributed by atoms with Gasteiger partial charge in [0, 0.05) is 11.9 Å². The molecular weight excluding hydrogens is 280 g/mol. The summed E-state index contributed by atoms with van der Waals surface area (Å²) < 4.78 is 4.69. The van der Waals surface area contributed by atoms with Crippen LogP contribution in [0.1, 0.15) is 29.6 Å². The maximum absolute atomic E-state index is 11.3. The lowest BCUT2D eigenvalue weighted by molar-refractivity contribution is -0.141. The Morgan fingerprint density at radius 3 is 2.75 bits per heavy atom. The van der Waals surface area contributed by atoms with Crippen LogP contribution in [-0.2, 0) is 9.53 Å². The number of aromatic nitrogens is 1. The van der Waals surface area contributed by atoms with Gasteiger partial charge in [-0.05, 0) is 24.3 Å². The number of carboxylic acids is 1. The first-order valence-corrected chi connectivity index (χ1v) is 7.13. The summed E-state index contributed by atoms with van der Waals surface area (Å²) in [5, 5.41) is 9.44. The molecule has 1 aliphatic rings. The predicted octanol–water partition coefficient (Wildman–Crippen LogP) is 1.80. The number of nitrogens with zero attached hydrogens (tertiary/aromatic N) is 1. The molecule has 0 aromatic carbocycles. The molecule has 0 bridgehead atoms. The van der Waals surface area contributed by atoms with Crippen molar-refractivity contribution in [3.05, 3.63) is 17.8 Å². The van der Waals surface area contributed by atoms with Crippen LogP contribution in [0.25, 0.3) is 0 Å². The molecule has 3 N–H and O–H groups in total. The van der Waals surface area contributed by atoms with E-state index in [-0.39, 0.29) is 16.9 Å². The number of methoxy groups -OCH3 is 1. The van der Waals surface area contributed by atoms with Gasteiger partial charge in [0.05, 0.1) is 24.8 Å². The Kier molecular flexibility index (Phi) is 4.17. The van der Waals surface area contributed by atoms with Crippen molar-refractivity contribution in [1.82, 2.24) is 4.98 Å². The first-order chi connectivity index (χ1) is 9.46. The van der Waals surface area contributed by atoms with Gasteiger partial charge in [0.25, 0.3) is 0 Å². The number of carboxylic acid groups (broad SMARTS) is 1. The van der Waals surface area contributed by atoms with Crippen LogP contribution in [0.3, 0.4) is 0 Å². The Balaban J connectivity index is 1.98. The van der Waals surface area contributed by atoms with Crippen LogP contribution in [0.15, 0.2) is 17.3 Å². The molecular formula is C13H16N2O4S. The molecule has 0 radical (unpaired) electrons. The number of hydrogen-bond donors (Lipinski definition) is 2. The summed E-state index contributed by atoms with van der Waals surface area (Å²) in [5.41, 5.74) is 6.20. The topological polar surface area (TPSA) is 103 Å². The van der Waals surface area contributed by atoms with Gasteiger partial charge < -0.3 is 15.6 Å². The number of carbonyl (C=O) groups excluding carboxylic acids is 1. The lowest BCUT2D eigenvalue weighted by Crippen LogP contribution is -2.13. The highest BCUT2D eigenvalue weighted by Crippen LogP contribution is 2.52. The average Bonchev–Trinajstić information content (AvgIpc) is 3.17. The van der Waals surface area contributed by atoms with Gasteiger partial charge in [-0.2, -0.15) is 0 Å². The van der Waals surface area contributed by atoms with Gasteiger partial charge >= 0.3 is 11.9 Å². The summed E-state index contributed by atoms with van der Waals surface area (Å²) in [5.74, 6) is -0.526. The van der Waals surface area contributed by atoms with E-state index in [1.54, 1.807) is 0 Å². The van der Waals surface area contributed by atoms with E-state index in [1.165, 1.54) is 31.1 Å². The molecule has 108 valence electrons. The molecule has 6 nitrogen and oxygen atoms in total. The number of pyridine rings is 1. The first kappa shape index (κ1) is 14.6. The van der Waals surface area contributed by atoms with Crippen LogP contribution >= 0.6 is 11.8 Å². The lowest BCUT2D eigenvalue weighted by Gasteiger charge is -2.13. The zero-order chi connectivity index (χ0) is 14.8. The van der Waals surface area contributed by atoms with Crippen molar-refractivity contribution in [2.75, 3.05) is 18.6 Å². The van der Waals surface area contributed by atoms with E-state index in [9.17, 15) is 9.59 Å². The van der Waals surface area contributed by atoms with Crippen LogP contribution < -0.4 is 5.73 Å². The number of ether oxygens (including phenoxy) is 1. The number of aromatic carboxylic acids is 1. The van der Waals surface area contributed by atoms with Crippen molar-refractivity contribution in [3.63, 3.8) is 0 Å². The standard InChI is InChI=1S/C13H16N2O4S/c1-19-10(16)5-13(2-3-13)7-20-11-9(14)4-8(6-15-11)12(17)18/h4,6H,2-3,5,7,14H2,1H3,(H,17,18). The molecule has 1 aliphatic carbocycles. The minimum Gasteiger partial charge on any atom is -0.478 e. The van der Waals surface area contributed by atoms with Crippen LogP contribution in [0.5, 0.6) is 0 Å². The number of carbonyl (C=O) groups is 2. The Morgan fingerprint density at radius 2 is 2.25 bits per heavy atom. The fourth-order valence-electron chi connectivity index (χ4n) is 1.86. The quantitative estimate of drug-likeness (QED) is 0.609. The van der Waals surface area contributed by atoms with E-state index in [2.05, 4.69) is 4.98 Å². The molecule has 1 fully saturated rings. The Hall–Kier alpha value is -1.76. The number of hydrogen-bond acceptors (Lipinski definition) is 6. The number of nitrogens with two attached hydrogens (primary N) is 1. The molecule has 1 aromatic rings. The normalized spacial score (nSPS) is 15.7. The zero-order valence-electron chi connectivity index (χ0n) is 11.1. The molecule has 1 heterocycles. The molecule has 1 saturated carbocycles. The largest absolute Gasteiger partial charge is 0.478 e. The van der Waals surface area contributed by atoms with Crippen molar-refractivity contribution in [2.24, 2.45) is 5.41 Å². The van der Waals surface area contributed by atoms with Gasteiger partial charge in [-0.25, -0.2) is 9.78 Å². The first-order valence-electron chi connectivity index (χ1n) is 6.14. The van der Waals surface area contributed by atoms with E-state index in [0.29, 0.717) is 17.1 Å². The summed E-state index contributed by atoms with van der Waals surface area (Å²) in [7, 11) is 1.38. The molecule has 20 heavy (non-hydrogen) atoms. The summed E-state index contributed by atoms with van der Waals surface area (Å²) in [6.45, 7) is 0. The third kappa shape index (κ3) is 3.41. The van der Waals surface area contributed by atoms with Crippen molar-refractivity contribution < 1.29 is 19.4 Å². The Morgan fingerprint density at radius 1 is 1.55 bits per heavy atom. The molecule has 2 rings (SSSR count). The third-order valence-corrected chi connectivity index (χ3v) is 4.72. The summed E-state index contributed by atoms with van der Waals surface area (Å²) in [4.78, 5) is 26.2. The molecule has 0 spiro atoms. The maximum atomic E-state index is 11.3. The molecule has 0 aliphatic heterocycles. The Bertz CT molecular complexity index is 543. The summed E-state index contributed by atoms with van der Waals surface area (Å²) in [6, 6.07) is 1.40. The number of nitrogen functional groups attached to an aromatic ring is 1. The molecule has 7 heteroatoms. The van der Waals surface area contributed by atoms with E-state index in [4.69, 9.17) is 15.6 Å². The molecule has 0 unspecified atom stereocenters. The summed E-state index contributed by atoms with van der Waals surface area (Å²) in [6.07, 6.45) is 3.68. The second-order valence-electron chi connectivity index (χ2n) is 4.97. The number of rotatable bonds is 6. The number of esters is 1. The van der Waals surface area contributed by atoms with Crippen LogP contribution in [0, 0.1) is 5.41 Å². The van der Waals surface area contributed by atoms with E-state index in [1.807, 2.05) is 0 Å². The monoisotopic (exact) mass is 296 g/mol. The van der Waals surface area contributed by atoms with Gasteiger partial charge in [0.15, 0.2) is 0 Å². The minimum absolute atomic E-state index is 0.0165. The lowest BCUT2D eigenvalue weighted by atomic mass is 10.1. The number of thioether (sulfide) groups is 1. The fraction of sp³-hybridized carbons (Fsp3) is 0.462. The van der Waals surface area contributed by atoms with E-state index < -0.39 is 5.97 Å². The van der Waals surface area contributed by atoms with Crippen molar-refractivity contribution in [2.45, 2.75) is 24.3 Å². The van der Waals surface area contributed by atoms with Crippen molar-refractivity contribution >= 4 is 29.4 Å². The average molecular weight is 296 g/mol. The predicted molar refractivity (Wildman–Crippen MR) is 74.6 cm³/mol. The second-order valence-corrected chi connectivity index (χ2v) is 5.93. The second kappa shape index (κ2) is 5.70. The highest BCUT2D eigenvalue weighted by Gasteiger charge is 2.44. The van der Waals surface area contributed by atoms with E-state index in [0.717, 1.165) is 18.6 Å². The third-order valence-electron chi connectivity index (χ3n) is 3.34.